The predicted molar refractivity (Wildman–Crippen MR) is 56.9 cm³/mol. The van der Waals surface area contributed by atoms with Crippen molar-refractivity contribution in [2.75, 3.05) is 0 Å². The van der Waals surface area contributed by atoms with Gasteiger partial charge in [0.25, 0.3) is 0 Å². The molecule has 0 saturated carbocycles. The van der Waals surface area contributed by atoms with E-state index < -0.39 is 0 Å². The Morgan fingerprint density at radius 1 is 1.50 bits per heavy atom. The van der Waals surface area contributed by atoms with Crippen LogP contribution in [0.4, 0.5) is 0 Å². The molecule has 2 aromatic heterocycles. The van der Waals surface area contributed by atoms with Gasteiger partial charge in [-0.2, -0.15) is 0 Å². The Balaban J connectivity index is 2.33. The highest BCUT2D eigenvalue weighted by atomic mass is 32.1. The van der Waals surface area contributed by atoms with Crippen molar-refractivity contribution in [3.8, 4) is 10.7 Å². The molecule has 5 heteroatoms. The van der Waals surface area contributed by atoms with Gasteiger partial charge in [0.05, 0.1) is 6.33 Å². The molecular weight excluding hydrogens is 196 g/mol. The van der Waals surface area contributed by atoms with Crippen molar-refractivity contribution in [3.63, 3.8) is 0 Å². The highest BCUT2D eigenvalue weighted by Crippen LogP contribution is 2.26. The average Bonchev–Trinajstić information content (AvgIpc) is 2.70. The monoisotopic (exact) mass is 208 g/mol. The van der Waals surface area contributed by atoms with E-state index >= 15 is 0 Å². The molecule has 0 aliphatic rings. The van der Waals surface area contributed by atoms with Gasteiger partial charge in [-0.05, 0) is 6.92 Å². The van der Waals surface area contributed by atoms with Crippen LogP contribution in [0, 0.1) is 0 Å². The Hall–Kier alpha value is -1.20. The number of hydrogen-bond donors (Lipinski definition) is 1. The van der Waals surface area contributed by atoms with Gasteiger partial charge in [-0.25, -0.2) is 9.97 Å². The number of aryl methyl sites for hydroxylation is 1. The Kier molecular flexibility index (Phi) is 2.35. The molecule has 0 spiro atoms. The summed E-state index contributed by atoms with van der Waals surface area (Å²) in [6, 6.07) is 0.0463. The van der Waals surface area contributed by atoms with Crippen molar-refractivity contribution < 1.29 is 0 Å². The van der Waals surface area contributed by atoms with Gasteiger partial charge in [-0.15, -0.1) is 11.3 Å². The van der Waals surface area contributed by atoms with Crippen LogP contribution < -0.4 is 5.73 Å². The molecule has 14 heavy (non-hydrogen) atoms. The van der Waals surface area contributed by atoms with E-state index in [1.807, 2.05) is 30.9 Å². The first-order valence-electron chi connectivity index (χ1n) is 4.36. The maximum absolute atomic E-state index is 5.76. The third kappa shape index (κ3) is 1.69. The van der Waals surface area contributed by atoms with E-state index in [1.165, 1.54) is 0 Å². The quantitative estimate of drug-likeness (QED) is 0.815. The van der Waals surface area contributed by atoms with E-state index in [-0.39, 0.29) is 6.04 Å². The summed E-state index contributed by atoms with van der Waals surface area (Å²) in [5, 5.41) is 0.929. The van der Waals surface area contributed by atoms with Crippen molar-refractivity contribution in [2.24, 2.45) is 12.8 Å². The van der Waals surface area contributed by atoms with Crippen molar-refractivity contribution in [1.82, 2.24) is 14.5 Å². The molecule has 0 saturated heterocycles. The number of aromatic nitrogens is 3. The number of rotatable bonds is 2. The second kappa shape index (κ2) is 3.51. The Morgan fingerprint density at radius 3 is 2.79 bits per heavy atom. The molecule has 2 aromatic rings. The van der Waals surface area contributed by atoms with Gasteiger partial charge < -0.3 is 10.3 Å². The number of hydrogen-bond acceptors (Lipinski definition) is 4. The summed E-state index contributed by atoms with van der Waals surface area (Å²) >= 11 is 1.60. The SMILES string of the molecule is CC(N)c1cnc(-c2cn(C)cn2)s1. The molecule has 2 rings (SSSR count). The number of nitrogens with two attached hydrogens (primary N) is 1. The van der Waals surface area contributed by atoms with Gasteiger partial charge in [-0.1, -0.05) is 0 Å². The van der Waals surface area contributed by atoms with Crippen molar-refractivity contribution in [3.05, 3.63) is 23.6 Å². The molecular formula is C9H12N4S. The lowest BCUT2D eigenvalue weighted by molar-refractivity contribution is 0.835. The fourth-order valence-corrected chi connectivity index (χ4v) is 1.97. The minimum absolute atomic E-state index is 0.0463. The van der Waals surface area contributed by atoms with E-state index in [2.05, 4.69) is 9.97 Å². The lowest BCUT2D eigenvalue weighted by atomic mass is 10.3. The van der Waals surface area contributed by atoms with Crippen molar-refractivity contribution in [1.29, 1.82) is 0 Å². The highest BCUT2D eigenvalue weighted by molar-refractivity contribution is 7.15. The molecule has 2 N–H and O–H groups in total. The fourth-order valence-electron chi connectivity index (χ4n) is 1.14. The maximum Gasteiger partial charge on any atom is 0.143 e. The fraction of sp³-hybridized carbons (Fsp3) is 0.333. The third-order valence-corrected chi connectivity index (χ3v) is 3.12. The molecule has 0 amide bonds. The van der Waals surface area contributed by atoms with E-state index in [1.54, 1.807) is 17.7 Å². The van der Waals surface area contributed by atoms with Gasteiger partial charge in [0.1, 0.15) is 10.7 Å². The van der Waals surface area contributed by atoms with E-state index in [4.69, 9.17) is 5.73 Å². The molecule has 0 aliphatic carbocycles. The second-order valence-corrected chi connectivity index (χ2v) is 4.34. The van der Waals surface area contributed by atoms with Gasteiger partial charge in [-0.3, -0.25) is 0 Å². The Bertz CT molecular complexity index is 429. The lowest BCUT2D eigenvalue weighted by Gasteiger charge is -1.96. The van der Waals surface area contributed by atoms with Gasteiger partial charge >= 0.3 is 0 Å². The smallest absolute Gasteiger partial charge is 0.143 e. The summed E-state index contributed by atoms with van der Waals surface area (Å²) in [6.07, 6.45) is 5.53. The van der Waals surface area contributed by atoms with Crippen molar-refractivity contribution >= 4 is 11.3 Å². The molecule has 0 bridgehead atoms. The average molecular weight is 208 g/mol. The van der Waals surface area contributed by atoms with Crippen LogP contribution in [0.5, 0.6) is 0 Å². The van der Waals surface area contributed by atoms with E-state index in [0.717, 1.165) is 15.6 Å². The highest BCUT2D eigenvalue weighted by Gasteiger charge is 2.09. The van der Waals surface area contributed by atoms with Crippen LogP contribution in [0.15, 0.2) is 18.7 Å². The summed E-state index contributed by atoms with van der Waals surface area (Å²) in [4.78, 5) is 9.60. The molecule has 0 fully saturated rings. The minimum atomic E-state index is 0.0463. The molecule has 4 nitrogen and oxygen atoms in total. The van der Waals surface area contributed by atoms with Crippen LogP contribution in [-0.2, 0) is 7.05 Å². The van der Waals surface area contributed by atoms with E-state index in [9.17, 15) is 0 Å². The first kappa shape index (κ1) is 9.36. The van der Waals surface area contributed by atoms with Crippen LogP contribution in [0.2, 0.25) is 0 Å². The van der Waals surface area contributed by atoms with Gasteiger partial charge in [0, 0.05) is 30.4 Å². The molecule has 2 heterocycles. The second-order valence-electron chi connectivity index (χ2n) is 3.28. The van der Waals surface area contributed by atoms with Gasteiger partial charge in [0.2, 0.25) is 0 Å². The minimum Gasteiger partial charge on any atom is -0.340 e. The first-order chi connectivity index (χ1) is 6.66. The maximum atomic E-state index is 5.76. The van der Waals surface area contributed by atoms with Crippen LogP contribution in [0.25, 0.3) is 10.7 Å². The van der Waals surface area contributed by atoms with Crippen LogP contribution in [-0.4, -0.2) is 14.5 Å². The number of imidazole rings is 1. The molecule has 0 aromatic carbocycles. The Morgan fingerprint density at radius 2 is 2.29 bits per heavy atom. The zero-order valence-electron chi connectivity index (χ0n) is 8.14. The molecule has 0 radical (unpaired) electrons. The standard InChI is InChI=1S/C9H12N4S/c1-6(10)8-3-11-9(14-8)7-4-13(2)5-12-7/h3-6H,10H2,1-2H3. The normalized spacial score (nSPS) is 13.1. The molecule has 1 unspecified atom stereocenters. The largest absolute Gasteiger partial charge is 0.340 e. The zero-order chi connectivity index (χ0) is 10.1. The third-order valence-electron chi connectivity index (χ3n) is 1.90. The summed E-state index contributed by atoms with van der Waals surface area (Å²) in [7, 11) is 1.94. The Labute approximate surface area is 86.4 Å². The topological polar surface area (TPSA) is 56.7 Å². The summed E-state index contributed by atoms with van der Waals surface area (Å²) < 4.78 is 1.91. The molecule has 1 atom stereocenters. The van der Waals surface area contributed by atoms with Crippen LogP contribution in [0.1, 0.15) is 17.8 Å². The zero-order valence-corrected chi connectivity index (χ0v) is 8.95. The molecule has 74 valence electrons. The summed E-state index contributed by atoms with van der Waals surface area (Å²) in [5.74, 6) is 0. The summed E-state index contributed by atoms with van der Waals surface area (Å²) in [6.45, 7) is 1.95. The lowest BCUT2D eigenvalue weighted by Crippen LogP contribution is -2.01. The van der Waals surface area contributed by atoms with Crippen molar-refractivity contribution in [2.45, 2.75) is 13.0 Å². The van der Waals surface area contributed by atoms with E-state index in [0.29, 0.717) is 0 Å². The first-order valence-corrected chi connectivity index (χ1v) is 5.18. The number of nitrogens with zero attached hydrogens (tertiary/aromatic N) is 3. The molecule has 0 aliphatic heterocycles. The summed E-state index contributed by atoms with van der Waals surface area (Å²) in [5.41, 5.74) is 6.66. The number of thiazole rings is 1. The predicted octanol–water partition coefficient (Wildman–Crippen LogP) is 1.56. The van der Waals surface area contributed by atoms with Gasteiger partial charge in [0.15, 0.2) is 0 Å². The van der Waals surface area contributed by atoms with Crippen LogP contribution in [0.3, 0.4) is 0 Å². The van der Waals surface area contributed by atoms with Crippen LogP contribution >= 0.6 is 11.3 Å².